The third-order valence-corrected chi connectivity index (χ3v) is 3.10. The maximum absolute atomic E-state index is 13.8. The summed E-state index contributed by atoms with van der Waals surface area (Å²) in [6.07, 6.45) is 3.33. The highest BCUT2D eigenvalue weighted by atomic mass is 19.1. The van der Waals surface area contributed by atoms with Crippen LogP contribution in [0.3, 0.4) is 0 Å². The fraction of sp³-hybridized carbons (Fsp3) is 0.0625. The molecule has 0 amide bonds. The van der Waals surface area contributed by atoms with Crippen LogP contribution in [0.2, 0.25) is 0 Å². The fourth-order valence-corrected chi connectivity index (χ4v) is 2.01. The standard InChI is InChI=1S/C16H13F2N5/c1-19-16-22-14(10-3-2-6-20-9-10)8-15(23-16)21-13-5-4-11(17)7-12(13)18/h2-9H,1H3,(H2,19,21,22,23). The van der Waals surface area contributed by atoms with Gasteiger partial charge in [-0.15, -0.1) is 0 Å². The molecule has 23 heavy (non-hydrogen) atoms. The molecular weight excluding hydrogens is 300 g/mol. The van der Waals surface area contributed by atoms with Crippen molar-refractivity contribution in [3.63, 3.8) is 0 Å². The van der Waals surface area contributed by atoms with Crippen LogP contribution < -0.4 is 10.6 Å². The van der Waals surface area contributed by atoms with E-state index in [1.165, 1.54) is 12.1 Å². The van der Waals surface area contributed by atoms with E-state index in [-0.39, 0.29) is 5.69 Å². The van der Waals surface area contributed by atoms with E-state index in [4.69, 9.17) is 0 Å². The molecule has 0 saturated heterocycles. The largest absolute Gasteiger partial charge is 0.357 e. The average molecular weight is 313 g/mol. The van der Waals surface area contributed by atoms with Gasteiger partial charge in [0.05, 0.1) is 11.4 Å². The summed E-state index contributed by atoms with van der Waals surface area (Å²) < 4.78 is 26.8. The molecule has 2 N–H and O–H groups in total. The van der Waals surface area contributed by atoms with Crippen LogP contribution >= 0.6 is 0 Å². The van der Waals surface area contributed by atoms with Crippen molar-refractivity contribution in [2.24, 2.45) is 0 Å². The van der Waals surface area contributed by atoms with Gasteiger partial charge in [-0.1, -0.05) is 0 Å². The van der Waals surface area contributed by atoms with Crippen molar-refractivity contribution in [3.8, 4) is 11.3 Å². The summed E-state index contributed by atoms with van der Waals surface area (Å²) in [7, 11) is 1.69. The number of nitrogens with zero attached hydrogens (tertiary/aromatic N) is 3. The molecule has 3 aromatic rings. The molecule has 0 aliphatic carbocycles. The van der Waals surface area contributed by atoms with Crippen molar-refractivity contribution in [1.82, 2.24) is 15.0 Å². The van der Waals surface area contributed by atoms with E-state index < -0.39 is 11.6 Å². The lowest BCUT2D eigenvalue weighted by Gasteiger charge is -2.10. The molecule has 116 valence electrons. The van der Waals surface area contributed by atoms with Gasteiger partial charge in [-0.05, 0) is 24.3 Å². The molecule has 2 aromatic heterocycles. The van der Waals surface area contributed by atoms with Crippen molar-refractivity contribution < 1.29 is 8.78 Å². The van der Waals surface area contributed by atoms with Gasteiger partial charge in [-0.25, -0.2) is 13.8 Å². The minimum absolute atomic E-state index is 0.129. The third kappa shape index (κ3) is 3.39. The van der Waals surface area contributed by atoms with Crippen molar-refractivity contribution in [2.45, 2.75) is 0 Å². The summed E-state index contributed by atoms with van der Waals surface area (Å²) in [5.74, 6) is -0.578. The molecule has 0 spiro atoms. The number of aromatic nitrogens is 3. The molecule has 0 fully saturated rings. The van der Waals surface area contributed by atoms with Gasteiger partial charge < -0.3 is 10.6 Å². The monoisotopic (exact) mass is 313 g/mol. The van der Waals surface area contributed by atoms with E-state index in [2.05, 4.69) is 25.6 Å². The molecule has 0 atom stereocenters. The molecule has 0 bridgehead atoms. The second kappa shape index (κ2) is 6.35. The second-order valence-electron chi connectivity index (χ2n) is 4.70. The summed E-state index contributed by atoms with van der Waals surface area (Å²) in [5, 5.41) is 5.68. The van der Waals surface area contributed by atoms with Crippen LogP contribution in [0.15, 0.2) is 48.8 Å². The minimum atomic E-state index is -0.697. The quantitative estimate of drug-likeness (QED) is 0.770. The Morgan fingerprint density at radius 1 is 1.04 bits per heavy atom. The zero-order valence-electron chi connectivity index (χ0n) is 12.2. The van der Waals surface area contributed by atoms with Gasteiger partial charge in [-0.2, -0.15) is 4.98 Å². The lowest BCUT2D eigenvalue weighted by atomic mass is 10.2. The molecule has 3 rings (SSSR count). The Morgan fingerprint density at radius 3 is 2.61 bits per heavy atom. The van der Waals surface area contributed by atoms with Gasteiger partial charge >= 0.3 is 0 Å². The molecule has 7 heteroatoms. The zero-order chi connectivity index (χ0) is 16.2. The molecule has 1 aromatic carbocycles. The van der Waals surface area contributed by atoms with E-state index in [0.29, 0.717) is 17.5 Å². The number of benzene rings is 1. The lowest BCUT2D eigenvalue weighted by Crippen LogP contribution is -2.03. The molecule has 0 unspecified atom stereocenters. The third-order valence-electron chi connectivity index (χ3n) is 3.10. The Bertz CT molecular complexity index is 824. The van der Waals surface area contributed by atoms with Gasteiger partial charge in [0.1, 0.15) is 17.5 Å². The van der Waals surface area contributed by atoms with Crippen molar-refractivity contribution >= 4 is 17.5 Å². The van der Waals surface area contributed by atoms with Crippen LogP contribution in [0.5, 0.6) is 0 Å². The van der Waals surface area contributed by atoms with Crippen molar-refractivity contribution in [2.75, 3.05) is 17.7 Å². The van der Waals surface area contributed by atoms with E-state index in [1.807, 2.05) is 6.07 Å². The smallest absolute Gasteiger partial charge is 0.224 e. The normalized spacial score (nSPS) is 10.4. The topological polar surface area (TPSA) is 62.7 Å². The number of anilines is 3. The average Bonchev–Trinajstić information content (AvgIpc) is 2.58. The Hall–Kier alpha value is -3.09. The van der Waals surface area contributed by atoms with Crippen LogP contribution in [0.1, 0.15) is 0 Å². The highest BCUT2D eigenvalue weighted by Crippen LogP contribution is 2.24. The summed E-state index contributed by atoms with van der Waals surface area (Å²) in [4.78, 5) is 12.6. The first kappa shape index (κ1) is 14.8. The second-order valence-corrected chi connectivity index (χ2v) is 4.70. The number of halogens is 2. The van der Waals surface area contributed by atoms with Crippen LogP contribution in [-0.2, 0) is 0 Å². The first-order chi connectivity index (χ1) is 11.2. The molecule has 5 nitrogen and oxygen atoms in total. The zero-order valence-corrected chi connectivity index (χ0v) is 12.2. The number of pyridine rings is 1. The number of rotatable bonds is 4. The summed E-state index contributed by atoms with van der Waals surface area (Å²) in [6.45, 7) is 0. The summed E-state index contributed by atoms with van der Waals surface area (Å²) in [6, 6.07) is 8.62. The van der Waals surface area contributed by atoms with Gasteiger partial charge in [0.25, 0.3) is 0 Å². The maximum Gasteiger partial charge on any atom is 0.224 e. The van der Waals surface area contributed by atoms with Crippen molar-refractivity contribution in [3.05, 3.63) is 60.4 Å². The lowest BCUT2D eigenvalue weighted by molar-refractivity contribution is 0.586. The van der Waals surface area contributed by atoms with Crippen molar-refractivity contribution in [1.29, 1.82) is 0 Å². The van der Waals surface area contributed by atoms with Gasteiger partial charge in [0.2, 0.25) is 5.95 Å². The highest BCUT2D eigenvalue weighted by Gasteiger charge is 2.09. The first-order valence-corrected chi connectivity index (χ1v) is 6.85. The molecule has 0 aliphatic rings. The van der Waals surface area contributed by atoms with Crippen LogP contribution in [0.4, 0.5) is 26.2 Å². The molecule has 0 aliphatic heterocycles. The maximum atomic E-state index is 13.8. The van der Waals surface area contributed by atoms with E-state index in [1.54, 1.807) is 31.6 Å². The van der Waals surface area contributed by atoms with Crippen LogP contribution in [0, 0.1) is 11.6 Å². The Kier molecular flexibility index (Phi) is 4.09. The Morgan fingerprint density at radius 2 is 1.91 bits per heavy atom. The molecule has 0 saturated carbocycles. The Balaban J connectivity index is 1.99. The highest BCUT2D eigenvalue weighted by molar-refractivity contribution is 5.66. The predicted octanol–water partition coefficient (Wildman–Crippen LogP) is 3.60. The van der Waals surface area contributed by atoms with E-state index in [9.17, 15) is 8.78 Å². The van der Waals surface area contributed by atoms with Crippen LogP contribution in [-0.4, -0.2) is 22.0 Å². The van der Waals surface area contributed by atoms with Crippen LogP contribution in [0.25, 0.3) is 11.3 Å². The fourth-order valence-electron chi connectivity index (χ4n) is 2.01. The SMILES string of the molecule is CNc1nc(Nc2ccc(F)cc2F)cc(-c2cccnc2)n1. The van der Waals surface area contributed by atoms with Gasteiger partial charge in [-0.3, -0.25) is 4.98 Å². The Labute approximate surface area is 131 Å². The summed E-state index contributed by atoms with van der Waals surface area (Å²) in [5.41, 5.74) is 1.56. The van der Waals surface area contributed by atoms with E-state index >= 15 is 0 Å². The predicted molar refractivity (Wildman–Crippen MR) is 84.5 cm³/mol. The minimum Gasteiger partial charge on any atom is -0.357 e. The number of nitrogens with one attached hydrogen (secondary N) is 2. The summed E-state index contributed by atoms with van der Waals surface area (Å²) >= 11 is 0. The van der Waals surface area contributed by atoms with Gasteiger partial charge in [0.15, 0.2) is 0 Å². The molecular formula is C16H13F2N5. The first-order valence-electron chi connectivity index (χ1n) is 6.85. The molecule has 0 radical (unpaired) electrons. The molecule has 2 heterocycles. The number of hydrogen-bond acceptors (Lipinski definition) is 5. The van der Waals surface area contributed by atoms with Gasteiger partial charge in [0, 0.05) is 37.1 Å². The van der Waals surface area contributed by atoms with E-state index in [0.717, 1.165) is 11.6 Å². The number of hydrogen-bond donors (Lipinski definition) is 2.